The van der Waals surface area contributed by atoms with Crippen LogP contribution in [0, 0.1) is 17.6 Å². The van der Waals surface area contributed by atoms with E-state index >= 15 is 0 Å². The molecule has 0 unspecified atom stereocenters. The van der Waals surface area contributed by atoms with Gasteiger partial charge in [0.05, 0.1) is 13.2 Å². The summed E-state index contributed by atoms with van der Waals surface area (Å²) in [5.74, 6) is -0.389. The highest BCUT2D eigenvalue weighted by atomic mass is 19.1. The maximum absolute atomic E-state index is 14.9. The number of ether oxygens (including phenoxy) is 2. The third-order valence-corrected chi connectivity index (χ3v) is 5.32. The zero-order valence-corrected chi connectivity index (χ0v) is 15.5. The van der Waals surface area contributed by atoms with Crippen molar-refractivity contribution in [2.45, 2.75) is 45.4 Å². The smallest absolute Gasteiger partial charge is 0.208 e. The highest BCUT2D eigenvalue weighted by molar-refractivity contribution is 6.06. The van der Waals surface area contributed by atoms with Crippen molar-refractivity contribution in [2.24, 2.45) is 5.92 Å². The van der Waals surface area contributed by atoms with Gasteiger partial charge in [-0.15, -0.1) is 0 Å². The first kappa shape index (κ1) is 18.1. The lowest BCUT2D eigenvalue weighted by atomic mass is 10.1. The van der Waals surface area contributed by atoms with Gasteiger partial charge in [0.1, 0.15) is 0 Å². The van der Waals surface area contributed by atoms with Crippen LogP contribution in [0.25, 0.3) is 21.9 Å². The number of furan rings is 1. The largest absolute Gasteiger partial charge is 0.490 e. The zero-order valence-electron chi connectivity index (χ0n) is 15.5. The highest BCUT2D eigenvalue weighted by Crippen LogP contribution is 2.38. The van der Waals surface area contributed by atoms with Crippen molar-refractivity contribution in [3.8, 4) is 11.5 Å². The number of unbranched alkanes of at least 4 members (excludes halogenated alkanes) is 1. The lowest BCUT2D eigenvalue weighted by Gasteiger charge is -2.11. The Morgan fingerprint density at radius 1 is 0.926 bits per heavy atom. The van der Waals surface area contributed by atoms with Crippen molar-refractivity contribution in [2.75, 3.05) is 13.2 Å². The molecule has 0 N–H and O–H groups in total. The second-order valence-corrected chi connectivity index (χ2v) is 7.27. The normalized spacial score (nSPS) is 15.1. The molecular formula is C22H24F2O3. The van der Waals surface area contributed by atoms with Crippen LogP contribution in [0.5, 0.6) is 11.5 Å². The number of halogens is 2. The van der Waals surface area contributed by atoms with Crippen molar-refractivity contribution in [1.82, 2.24) is 0 Å². The Morgan fingerprint density at radius 3 is 2.11 bits per heavy atom. The number of benzene rings is 2. The van der Waals surface area contributed by atoms with Crippen molar-refractivity contribution in [3.05, 3.63) is 35.9 Å². The molecule has 1 aliphatic carbocycles. The van der Waals surface area contributed by atoms with E-state index in [-0.39, 0.29) is 22.7 Å². The number of fused-ring (bicyclic) bond motifs is 3. The Morgan fingerprint density at radius 2 is 1.52 bits per heavy atom. The number of hydrogen-bond donors (Lipinski definition) is 0. The van der Waals surface area contributed by atoms with Gasteiger partial charge in [-0.05, 0) is 49.4 Å². The molecule has 1 saturated carbocycles. The monoisotopic (exact) mass is 374 g/mol. The van der Waals surface area contributed by atoms with Crippen LogP contribution in [0.3, 0.4) is 0 Å². The lowest BCUT2D eigenvalue weighted by Crippen LogP contribution is -2.08. The van der Waals surface area contributed by atoms with E-state index in [2.05, 4.69) is 0 Å². The van der Waals surface area contributed by atoms with E-state index in [0.717, 1.165) is 25.7 Å². The van der Waals surface area contributed by atoms with Crippen LogP contribution in [-0.2, 0) is 0 Å². The Balaban J connectivity index is 1.65. The summed E-state index contributed by atoms with van der Waals surface area (Å²) in [6.45, 7) is 2.98. The van der Waals surface area contributed by atoms with Gasteiger partial charge in [-0.25, -0.2) is 0 Å². The summed E-state index contributed by atoms with van der Waals surface area (Å²) in [6, 6.07) is 6.62. The summed E-state index contributed by atoms with van der Waals surface area (Å²) < 4.78 is 46.4. The molecule has 1 aliphatic rings. The molecule has 4 rings (SSSR count). The summed E-state index contributed by atoms with van der Waals surface area (Å²) in [4.78, 5) is 0. The van der Waals surface area contributed by atoms with E-state index < -0.39 is 11.6 Å². The van der Waals surface area contributed by atoms with E-state index in [4.69, 9.17) is 13.9 Å². The molecule has 1 fully saturated rings. The van der Waals surface area contributed by atoms with Crippen LogP contribution in [0.4, 0.5) is 8.78 Å². The first-order valence-corrected chi connectivity index (χ1v) is 9.78. The first-order valence-electron chi connectivity index (χ1n) is 9.78. The molecule has 2 aromatic carbocycles. The van der Waals surface area contributed by atoms with Gasteiger partial charge in [0.15, 0.2) is 22.7 Å². The minimum absolute atomic E-state index is 0.0193. The summed E-state index contributed by atoms with van der Waals surface area (Å²) in [7, 11) is 0. The summed E-state index contributed by atoms with van der Waals surface area (Å²) in [5.41, 5.74) is 0.0457. The van der Waals surface area contributed by atoms with Crippen molar-refractivity contribution >= 4 is 21.9 Å². The molecule has 0 amide bonds. The molecule has 0 aliphatic heterocycles. The highest BCUT2D eigenvalue weighted by Gasteiger charge is 2.21. The SMILES string of the molecule is CCCCOc1ccc2c(oc3c(F)c(OCC4CCCC4)ccc32)c1F. The molecule has 0 spiro atoms. The van der Waals surface area contributed by atoms with E-state index in [1.807, 2.05) is 6.92 Å². The molecule has 144 valence electrons. The fraction of sp³-hybridized carbons (Fsp3) is 0.455. The second kappa shape index (κ2) is 7.75. The van der Waals surface area contributed by atoms with Crippen LogP contribution in [0.15, 0.2) is 28.7 Å². The first-order chi connectivity index (χ1) is 13.2. The van der Waals surface area contributed by atoms with Crippen molar-refractivity contribution < 1.29 is 22.7 Å². The Hall–Kier alpha value is -2.30. The zero-order chi connectivity index (χ0) is 18.8. The molecule has 0 saturated heterocycles. The van der Waals surface area contributed by atoms with E-state index in [0.29, 0.717) is 29.9 Å². The fourth-order valence-corrected chi connectivity index (χ4v) is 3.74. The van der Waals surface area contributed by atoms with E-state index in [1.165, 1.54) is 12.8 Å². The number of hydrogen-bond acceptors (Lipinski definition) is 3. The predicted octanol–water partition coefficient (Wildman–Crippen LogP) is 6.61. The molecule has 0 atom stereocenters. The minimum Gasteiger partial charge on any atom is -0.490 e. The molecule has 27 heavy (non-hydrogen) atoms. The maximum Gasteiger partial charge on any atom is 0.208 e. The second-order valence-electron chi connectivity index (χ2n) is 7.27. The van der Waals surface area contributed by atoms with Gasteiger partial charge in [0.2, 0.25) is 11.6 Å². The average Bonchev–Trinajstić information content (AvgIpc) is 3.31. The van der Waals surface area contributed by atoms with Gasteiger partial charge >= 0.3 is 0 Å². The molecule has 0 radical (unpaired) electrons. The quantitative estimate of drug-likeness (QED) is 0.436. The number of rotatable bonds is 7. The van der Waals surface area contributed by atoms with Gasteiger partial charge in [0.25, 0.3) is 0 Å². The third kappa shape index (κ3) is 3.47. The third-order valence-electron chi connectivity index (χ3n) is 5.32. The standard InChI is InChI=1S/C22H24F2O3/c1-2-3-12-25-17-10-8-15-16-9-11-18(26-13-14-6-4-5-7-14)20(24)22(16)27-21(15)19(17)23/h8-11,14H,2-7,12-13H2,1H3. The predicted molar refractivity (Wildman–Crippen MR) is 101 cm³/mol. The van der Waals surface area contributed by atoms with Gasteiger partial charge in [-0.3, -0.25) is 0 Å². The topological polar surface area (TPSA) is 31.6 Å². The molecule has 1 aromatic heterocycles. The van der Waals surface area contributed by atoms with Gasteiger partial charge in [0, 0.05) is 10.8 Å². The Kier molecular flexibility index (Phi) is 5.19. The molecule has 0 bridgehead atoms. The van der Waals surface area contributed by atoms with Crippen LogP contribution in [0.2, 0.25) is 0 Å². The average molecular weight is 374 g/mol. The van der Waals surface area contributed by atoms with Crippen molar-refractivity contribution in [1.29, 1.82) is 0 Å². The fourth-order valence-electron chi connectivity index (χ4n) is 3.74. The summed E-state index contributed by atoms with van der Waals surface area (Å²) in [6.07, 6.45) is 6.47. The summed E-state index contributed by atoms with van der Waals surface area (Å²) in [5, 5.41) is 1.07. The van der Waals surface area contributed by atoms with E-state index in [1.54, 1.807) is 24.3 Å². The molecule has 5 heteroatoms. The van der Waals surface area contributed by atoms with Gasteiger partial charge < -0.3 is 13.9 Å². The van der Waals surface area contributed by atoms with Crippen LogP contribution in [-0.4, -0.2) is 13.2 Å². The van der Waals surface area contributed by atoms with E-state index in [9.17, 15) is 8.78 Å². The molecular weight excluding hydrogens is 350 g/mol. The molecule has 3 nitrogen and oxygen atoms in total. The minimum atomic E-state index is -0.590. The summed E-state index contributed by atoms with van der Waals surface area (Å²) >= 11 is 0. The van der Waals surface area contributed by atoms with Gasteiger partial charge in [-0.2, -0.15) is 8.78 Å². The van der Waals surface area contributed by atoms with Crippen LogP contribution in [0.1, 0.15) is 45.4 Å². The Bertz CT molecular complexity index is 942. The maximum atomic E-state index is 14.9. The Labute approximate surface area is 157 Å². The van der Waals surface area contributed by atoms with Crippen molar-refractivity contribution in [3.63, 3.8) is 0 Å². The molecule has 3 aromatic rings. The van der Waals surface area contributed by atoms with Crippen LogP contribution < -0.4 is 9.47 Å². The lowest BCUT2D eigenvalue weighted by molar-refractivity contribution is 0.242. The molecule has 1 heterocycles. The van der Waals surface area contributed by atoms with Gasteiger partial charge in [-0.1, -0.05) is 26.2 Å². The van der Waals surface area contributed by atoms with Crippen LogP contribution >= 0.6 is 0 Å².